The molecule has 1 fully saturated rings. The fraction of sp³-hybridized carbons (Fsp3) is 0.625. The topological polar surface area (TPSA) is 58.6 Å². The zero-order chi connectivity index (χ0) is 17.0. The van der Waals surface area contributed by atoms with Gasteiger partial charge in [0.15, 0.2) is 0 Å². The van der Waals surface area contributed by atoms with E-state index in [0.717, 1.165) is 13.1 Å². The van der Waals surface area contributed by atoms with E-state index in [0.29, 0.717) is 24.6 Å². The van der Waals surface area contributed by atoms with E-state index in [2.05, 4.69) is 23.5 Å². The normalized spacial score (nSPS) is 20.1. The van der Waals surface area contributed by atoms with Gasteiger partial charge in [-0.2, -0.15) is 0 Å². The summed E-state index contributed by atoms with van der Waals surface area (Å²) in [5, 5.41) is 0. The first kappa shape index (κ1) is 18.3. The lowest BCUT2D eigenvalue weighted by atomic mass is 10.2. The lowest BCUT2D eigenvalue weighted by Crippen LogP contribution is -2.48. The van der Waals surface area contributed by atoms with Crippen LogP contribution < -0.4 is 4.72 Å². The van der Waals surface area contributed by atoms with Gasteiger partial charge in [0.25, 0.3) is 0 Å². The highest BCUT2D eigenvalue weighted by Gasteiger charge is 2.24. The molecule has 0 radical (unpaired) electrons. The molecule has 1 aliphatic heterocycles. The molecule has 0 aromatic heterocycles. The second kappa shape index (κ2) is 7.70. The number of halogens is 1. The van der Waals surface area contributed by atoms with Crippen molar-refractivity contribution >= 4 is 10.0 Å². The minimum atomic E-state index is -3.88. The summed E-state index contributed by atoms with van der Waals surface area (Å²) in [7, 11) is -3.88. The molecular formula is C16H25FN2O3S. The minimum absolute atomic E-state index is 0.143. The van der Waals surface area contributed by atoms with Gasteiger partial charge in [0.1, 0.15) is 10.7 Å². The molecule has 0 bridgehead atoms. The van der Waals surface area contributed by atoms with Gasteiger partial charge in [-0.05, 0) is 30.5 Å². The molecule has 1 saturated heterocycles. The Morgan fingerprint density at radius 1 is 1.43 bits per heavy atom. The molecule has 1 aromatic rings. The van der Waals surface area contributed by atoms with Gasteiger partial charge in [-0.3, -0.25) is 4.90 Å². The average molecular weight is 344 g/mol. The Kier molecular flexibility index (Phi) is 6.13. The number of hydrogen-bond acceptors (Lipinski definition) is 4. The van der Waals surface area contributed by atoms with Crippen LogP contribution in [0.25, 0.3) is 0 Å². The lowest BCUT2D eigenvalue weighted by molar-refractivity contribution is -0.0280. The molecule has 130 valence electrons. The van der Waals surface area contributed by atoms with Crippen LogP contribution in [0, 0.1) is 18.7 Å². The summed E-state index contributed by atoms with van der Waals surface area (Å²) in [4.78, 5) is 1.95. The Bertz CT molecular complexity index is 634. The Balaban J connectivity index is 1.97. The van der Waals surface area contributed by atoms with Crippen molar-refractivity contribution < 1.29 is 17.5 Å². The van der Waals surface area contributed by atoms with E-state index in [-0.39, 0.29) is 17.5 Å². The summed E-state index contributed by atoms with van der Waals surface area (Å²) in [6.45, 7) is 9.24. The quantitative estimate of drug-likeness (QED) is 0.854. The standard InChI is InChI=1S/C16H25FN2O3S/c1-12(2)10-19-6-7-22-14(11-19)9-18-23(20,21)16-8-13(3)4-5-15(16)17/h4-5,8,12,14,18H,6-7,9-11H2,1-3H3/t14-/m1/s1. The molecule has 0 amide bonds. The molecule has 1 N–H and O–H groups in total. The smallest absolute Gasteiger partial charge is 0.243 e. The van der Waals surface area contributed by atoms with Gasteiger partial charge in [0.2, 0.25) is 10.0 Å². The summed E-state index contributed by atoms with van der Waals surface area (Å²) >= 11 is 0. The van der Waals surface area contributed by atoms with Crippen LogP contribution in [0.1, 0.15) is 19.4 Å². The van der Waals surface area contributed by atoms with Gasteiger partial charge in [0, 0.05) is 26.2 Å². The highest BCUT2D eigenvalue weighted by molar-refractivity contribution is 7.89. The first-order valence-corrected chi connectivity index (χ1v) is 9.36. The maximum atomic E-state index is 13.8. The maximum absolute atomic E-state index is 13.8. The predicted molar refractivity (Wildman–Crippen MR) is 87.3 cm³/mol. The van der Waals surface area contributed by atoms with Gasteiger partial charge in [-0.25, -0.2) is 17.5 Å². The molecular weight excluding hydrogens is 319 g/mol. The van der Waals surface area contributed by atoms with Crippen LogP contribution in [0.4, 0.5) is 4.39 Å². The van der Waals surface area contributed by atoms with Crippen molar-refractivity contribution in [3.8, 4) is 0 Å². The van der Waals surface area contributed by atoms with E-state index in [4.69, 9.17) is 4.74 Å². The molecule has 23 heavy (non-hydrogen) atoms. The molecule has 2 rings (SSSR count). The van der Waals surface area contributed by atoms with Gasteiger partial charge < -0.3 is 4.74 Å². The summed E-state index contributed by atoms with van der Waals surface area (Å²) in [6.07, 6.45) is -0.217. The van der Waals surface area contributed by atoms with Crippen LogP contribution >= 0.6 is 0 Å². The Morgan fingerprint density at radius 2 is 2.17 bits per heavy atom. The SMILES string of the molecule is Cc1ccc(F)c(S(=O)(=O)NC[C@@H]2CN(CC(C)C)CCO2)c1. The van der Waals surface area contributed by atoms with E-state index in [1.807, 2.05) is 0 Å². The van der Waals surface area contributed by atoms with E-state index < -0.39 is 15.8 Å². The second-order valence-electron chi connectivity index (χ2n) is 6.43. The Morgan fingerprint density at radius 3 is 2.87 bits per heavy atom. The Hall–Kier alpha value is -1.02. The van der Waals surface area contributed by atoms with E-state index >= 15 is 0 Å². The van der Waals surface area contributed by atoms with Crippen LogP contribution in [-0.2, 0) is 14.8 Å². The number of morpholine rings is 1. The van der Waals surface area contributed by atoms with E-state index in [9.17, 15) is 12.8 Å². The average Bonchev–Trinajstić information content (AvgIpc) is 2.47. The van der Waals surface area contributed by atoms with Crippen LogP contribution in [0.3, 0.4) is 0 Å². The number of aryl methyl sites for hydroxylation is 1. The molecule has 7 heteroatoms. The highest BCUT2D eigenvalue weighted by Crippen LogP contribution is 2.16. The number of ether oxygens (including phenoxy) is 1. The first-order valence-electron chi connectivity index (χ1n) is 7.87. The lowest BCUT2D eigenvalue weighted by Gasteiger charge is -2.33. The summed E-state index contributed by atoms with van der Waals surface area (Å²) < 4.78 is 46.4. The third-order valence-corrected chi connectivity index (χ3v) is 5.16. The van der Waals surface area contributed by atoms with Gasteiger partial charge in [0.05, 0.1) is 12.7 Å². The van der Waals surface area contributed by atoms with Crippen molar-refractivity contribution in [1.29, 1.82) is 0 Å². The summed E-state index contributed by atoms with van der Waals surface area (Å²) in [5.74, 6) is -0.194. The van der Waals surface area contributed by atoms with Crippen molar-refractivity contribution in [3.63, 3.8) is 0 Å². The molecule has 1 aliphatic rings. The van der Waals surface area contributed by atoms with E-state index in [1.54, 1.807) is 13.0 Å². The highest BCUT2D eigenvalue weighted by atomic mass is 32.2. The van der Waals surface area contributed by atoms with Crippen molar-refractivity contribution in [2.75, 3.05) is 32.8 Å². The summed E-state index contributed by atoms with van der Waals surface area (Å²) in [6, 6.07) is 4.05. The van der Waals surface area contributed by atoms with Crippen LogP contribution in [0.5, 0.6) is 0 Å². The number of nitrogens with zero attached hydrogens (tertiary/aromatic N) is 1. The van der Waals surface area contributed by atoms with E-state index in [1.165, 1.54) is 12.1 Å². The number of benzene rings is 1. The Labute approximate surface area is 137 Å². The van der Waals surface area contributed by atoms with Crippen molar-refractivity contribution in [2.45, 2.75) is 31.8 Å². The predicted octanol–water partition coefficient (Wildman–Crippen LogP) is 1.77. The number of nitrogens with one attached hydrogen (secondary N) is 1. The zero-order valence-corrected chi connectivity index (χ0v) is 14.7. The molecule has 5 nitrogen and oxygen atoms in total. The third-order valence-electron chi connectivity index (χ3n) is 3.72. The second-order valence-corrected chi connectivity index (χ2v) is 8.17. The zero-order valence-electron chi connectivity index (χ0n) is 13.9. The van der Waals surface area contributed by atoms with Crippen LogP contribution in [0.2, 0.25) is 0 Å². The minimum Gasteiger partial charge on any atom is -0.374 e. The molecule has 1 aromatic carbocycles. The molecule has 1 heterocycles. The van der Waals surface area contributed by atoms with Gasteiger partial charge in [-0.1, -0.05) is 19.9 Å². The monoisotopic (exact) mass is 344 g/mol. The molecule has 0 spiro atoms. The molecule has 0 unspecified atom stereocenters. The third kappa shape index (κ3) is 5.24. The fourth-order valence-corrected chi connectivity index (χ4v) is 3.91. The van der Waals surface area contributed by atoms with Crippen molar-refractivity contribution in [3.05, 3.63) is 29.6 Å². The number of hydrogen-bond donors (Lipinski definition) is 1. The largest absolute Gasteiger partial charge is 0.374 e. The summed E-state index contributed by atoms with van der Waals surface area (Å²) in [5.41, 5.74) is 0.698. The van der Waals surface area contributed by atoms with Gasteiger partial charge in [-0.15, -0.1) is 0 Å². The maximum Gasteiger partial charge on any atom is 0.243 e. The molecule has 0 saturated carbocycles. The molecule has 1 atom stereocenters. The van der Waals surface area contributed by atoms with Crippen molar-refractivity contribution in [2.24, 2.45) is 5.92 Å². The van der Waals surface area contributed by atoms with Crippen LogP contribution in [-0.4, -0.2) is 52.2 Å². The number of sulfonamides is 1. The van der Waals surface area contributed by atoms with Crippen molar-refractivity contribution in [1.82, 2.24) is 9.62 Å². The first-order chi connectivity index (χ1) is 10.8. The number of rotatable bonds is 6. The molecule has 0 aliphatic carbocycles. The van der Waals surface area contributed by atoms with Gasteiger partial charge >= 0.3 is 0 Å². The fourth-order valence-electron chi connectivity index (χ4n) is 2.68. The van der Waals surface area contributed by atoms with Crippen LogP contribution in [0.15, 0.2) is 23.1 Å².